The Morgan fingerprint density at radius 2 is 1.85 bits per heavy atom. The van der Waals surface area contributed by atoms with Gasteiger partial charge in [0.25, 0.3) is 0 Å². The first kappa shape index (κ1) is 16.2. The molecule has 0 fully saturated rings. The molecule has 0 aliphatic rings. The fourth-order valence-electron chi connectivity index (χ4n) is 1.97. The summed E-state index contributed by atoms with van der Waals surface area (Å²) in [5.74, 6) is -0.232. The molecule has 0 spiro atoms. The standard InChI is InChI=1S/C16H23NO3/c1-12(2)11-15(18)17-14(16(19)20-3)10-9-13-7-5-4-6-8-13/h4-8,12,14H,9-11H2,1-3H3,(H,17,18)/t14-/m0/s1. The predicted molar refractivity (Wildman–Crippen MR) is 78.2 cm³/mol. The lowest BCUT2D eigenvalue weighted by atomic mass is 10.0. The number of carbonyl (C=O) groups is 2. The van der Waals surface area contributed by atoms with E-state index in [4.69, 9.17) is 4.74 Å². The Hall–Kier alpha value is -1.84. The minimum atomic E-state index is -0.577. The van der Waals surface area contributed by atoms with Crippen LogP contribution in [0.25, 0.3) is 0 Å². The number of aryl methyl sites for hydroxylation is 1. The number of carbonyl (C=O) groups excluding carboxylic acids is 2. The van der Waals surface area contributed by atoms with Gasteiger partial charge in [0.1, 0.15) is 6.04 Å². The molecule has 0 radical (unpaired) electrons. The van der Waals surface area contributed by atoms with Crippen molar-refractivity contribution in [3.8, 4) is 0 Å². The van der Waals surface area contributed by atoms with E-state index in [1.165, 1.54) is 7.11 Å². The van der Waals surface area contributed by atoms with Crippen molar-refractivity contribution in [3.05, 3.63) is 35.9 Å². The fraction of sp³-hybridized carbons (Fsp3) is 0.500. The molecule has 0 aromatic heterocycles. The van der Waals surface area contributed by atoms with Gasteiger partial charge in [-0.15, -0.1) is 0 Å². The van der Waals surface area contributed by atoms with Crippen LogP contribution in [0.1, 0.15) is 32.3 Å². The molecule has 0 heterocycles. The Labute approximate surface area is 120 Å². The smallest absolute Gasteiger partial charge is 0.328 e. The molecule has 1 atom stereocenters. The zero-order chi connectivity index (χ0) is 15.0. The SMILES string of the molecule is COC(=O)[C@H](CCc1ccccc1)NC(=O)CC(C)C. The summed E-state index contributed by atoms with van der Waals surface area (Å²) in [6.07, 6.45) is 1.68. The Morgan fingerprint density at radius 1 is 1.20 bits per heavy atom. The van der Waals surface area contributed by atoms with Crippen LogP contribution in [0.3, 0.4) is 0 Å². The van der Waals surface area contributed by atoms with Crippen LogP contribution in [0.2, 0.25) is 0 Å². The second-order valence-corrected chi connectivity index (χ2v) is 5.27. The lowest BCUT2D eigenvalue weighted by Crippen LogP contribution is -2.42. The third-order valence-corrected chi connectivity index (χ3v) is 2.98. The lowest BCUT2D eigenvalue weighted by Gasteiger charge is -2.17. The second-order valence-electron chi connectivity index (χ2n) is 5.27. The molecular formula is C16H23NO3. The van der Waals surface area contributed by atoms with E-state index < -0.39 is 12.0 Å². The van der Waals surface area contributed by atoms with Crippen molar-refractivity contribution in [2.24, 2.45) is 5.92 Å². The maximum absolute atomic E-state index is 11.8. The van der Waals surface area contributed by atoms with E-state index in [2.05, 4.69) is 5.32 Å². The van der Waals surface area contributed by atoms with Crippen LogP contribution in [0.4, 0.5) is 0 Å². The number of rotatable bonds is 7. The lowest BCUT2D eigenvalue weighted by molar-refractivity contribution is -0.145. The first-order valence-corrected chi connectivity index (χ1v) is 6.94. The maximum atomic E-state index is 11.8. The topological polar surface area (TPSA) is 55.4 Å². The molecule has 0 aliphatic carbocycles. The van der Waals surface area contributed by atoms with Crippen LogP contribution in [0.5, 0.6) is 0 Å². The number of ether oxygens (including phenoxy) is 1. The van der Waals surface area contributed by atoms with Crippen LogP contribution in [-0.4, -0.2) is 25.0 Å². The summed E-state index contributed by atoms with van der Waals surface area (Å²) in [7, 11) is 1.34. The molecular weight excluding hydrogens is 254 g/mol. The van der Waals surface area contributed by atoms with E-state index in [1.807, 2.05) is 44.2 Å². The van der Waals surface area contributed by atoms with Gasteiger partial charge in [-0.2, -0.15) is 0 Å². The third kappa shape index (κ3) is 5.87. The number of hydrogen-bond acceptors (Lipinski definition) is 3. The van der Waals surface area contributed by atoms with E-state index in [9.17, 15) is 9.59 Å². The van der Waals surface area contributed by atoms with Crippen LogP contribution < -0.4 is 5.32 Å². The van der Waals surface area contributed by atoms with Gasteiger partial charge in [0.15, 0.2) is 0 Å². The average molecular weight is 277 g/mol. The number of methoxy groups -OCH3 is 1. The Morgan fingerprint density at radius 3 is 2.40 bits per heavy atom. The number of nitrogens with one attached hydrogen (secondary N) is 1. The molecule has 0 unspecified atom stereocenters. The quantitative estimate of drug-likeness (QED) is 0.778. The highest BCUT2D eigenvalue weighted by Crippen LogP contribution is 2.07. The summed E-state index contributed by atoms with van der Waals surface area (Å²) in [5.41, 5.74) is 1.14. The van der Waals surface area contributed by atoms with Gasteiger partial charge in [0, 0.05) is 6.42 Å². The summed E-state index contributed by atoms with van der Waals surface area (Å²) in [5, 5.41) is 2.76. The minimum Gasteiger partial charge on any atom is -0.467 e. The van der Waals surface area contributed by atoms with Gasteiger partial charge in [-0.1, -0.05) is 44.2 Å². The van der Waals surface area contributed by atoms with E-state index in [1.54, 1.807) is 0 Å². The summed E-state index contributed by atoms with van der Waals surface area (Å²) >= 11 is 0. The Bertz CT molecular complexity index is 429. The monoisotopic (exact) mass is 277 g/mol. The van der Waals surface area contributed by atoms with Gasteiger partial charge in [0.05, 0.1) is 7.11 Å². The van der Waals surface area contributed by atoms with E-state index >= 15 is 0 Å². The minimum absolute atomic E-state index is 0.108. The number of esters is 1. The molecule has 0 aliphatic heterocycles. The van der Waals surface area contributed by atoms with E-state index in [0.29, 0.717) is 12.8 Å². The van der Waals surface area contributed by atoms with Crippen LogP contribution >= 0.6 is 0 Å². The molecule has 110 valence electrons. The number of amides is 1. The summed E-state index contributed by atoms with van der Waals surface area (Å²) in [6.45, 7) is 3.94. The van der Waals surface area contributed by atoms with Crippen molar-refractivity contribution in [3.63, 3.8) is 0 Å². The number of hydrogen-bond donors (Lipinski definition) is 1. The summed E-state index contributed by atoms with van der Waals surface area (Å²) in [6, 6.07) is 9.30. The maximum Gasteiger partial charge on any atom is 0.328 e. The van der Waals surface area contributed by atoms with Crippen LogP contribution in [-0.2, 0) is 20.7 Å². The van der Waals surface area contributed by atoms with Gasteiger partial charge >= 0.3 is 5.97 Å². The molecule has 0 saturated heterocycles. The van der Waals surface area contributed by atoms with Gasteiger partial charge in [-0.25, -0.2) is 4.79 Å². The molecule has 1 amide bonds. The molecule has 0 bridgehead atoms. The van der Waals surface area contributed by atoms with E-state index in [0.717, 1.165) is 12.0 Å². The zero-order valence-corrected chi connectivity index (χ0v) is 12.4. The summed E-state index contributed by atoms with van der Waals surface area (Å²) in [4.78, 5) is 23.5. The highest BCUT2D eigenvalue weighted by molar-refractivity contribution is 5.84. The van der Waals surface area contributed by atoms with Gasteiger partial charge in [0.2, 0.25) is 5.91 Å². The first-order chi connectivity index (χ1) is 9.52. The van der Waals surface area contributed by atoms with Crippen molar-refractivity contribution in [2.75, 3.05) is 7.11 Å². The predicted octanol–water partition coefficient (Wildman–Crippen LogP) is 2.32. The Balaban J connectivity index is 2.56. The van der Waals surface area contributed by atoms with Crippen LogP contribution in [0, 0.1) is 5.92 Å². The van der Waals surface area contributed by atoms with Crippen molar-refractivity contribution in [1.82, 2.24) is 5.32 Å². The largest absolute Gasteiger partial charge is 0.467 e. The highest BCUT2D eigenvalue weighted by atomic mass is 16.5. The normalized spacial score (nSPS) is 12.0. The molecule has 1 rings (SSSR count). The molecule has 4 heteroatoms. The van der Waals surface area contributed by atoms with Crippen molar-refractivity contribution in [1.29, 1.82) is 0 Å². The molecule has 0 saturated carbocycles. The van der Waals surface area contributed by atoms with Gasteiger partial charge < -0.3 is 10.1 Å². The van der Waals surface area contributed by atoms with Crippen molar-refractivity contribution < 1.29 is 14.3 Å². The average Bonchev–Trinajstić information content (AvgIpc) is 2.42. The molecule has 1 aromatic rings. The second kappa shape index (κ2) is 8.35. The van der Waals surface area contributed by atoms with Gasteiger partial charge in [-0.05, 0) is 24.3 Å². The number of benzene rings is 1. The van der Waals surface area contributed by atoms with Gasteiger partial charge in [-0.3, -0.25) is 4.79 Å². The highest BCUT2D eigenvalue weighted by Gasteiger charge is 2.21. The molecule has 1 N–H and O–H groups in total. The molecule has 4 nitrogen and oxygen atoms in total. The van der Waals surface area contributed by atoms with Crippen LogP contribution in [0.15, 0.2) is 30.3 Å². The third-order valence-electron chi connectivity index (χ3n) is 2.98. The van der Waals surface area contributed by atoms with E-state index in [-0.39, 0.29) is 11.8 Å². The summed E-state index contributed by atoms with van der Waals surface area (Å²) < 4.78 is 4.75. The first-order valence-electron chi connectivity index (χ1n) is 6.94. The molecule has 20 heavy (non-hydrogen) atoms. The Kier molecular flexibility index (Phi) is 6.77. The fourth-order valence-corrected chi connectivity index (χ4v) is 1.97. The zero-order valence-electron chi connectivity index (χ0n) is 12.4. The van der Waals surface area contributed by atoms with Crippen molar-refractivity contribution in [2.45, 2.75) is 39.2 Å². The van der Waals surface area contributed by atoms with Crippen molar-refractivity contribution >= 4 is 11.9 Å². The molecule has 1 aromatic carbocycles.